The summed E-state index contributed by atoms with van der Waals surface area (Å²) in [5.41, 5.74) is 1.13. The fourth-order valence-corrected chi connectivity index (χ4v) is 3.82. The number of aliphatic carboxylic acids is 2. The second-order valence-electron chi connectivity index (χ2n) is 6.61. The van der Waals surface area contributed by atoms with Crippen molar-refractivity contribution in [3.63, 3.8) is 0 Å². The molecule has 0 amide bonds. The van der Waals surface area contributed by atoms with Gasteiger partial charge >= 0.3 is 11.9 Å². The Morgan fingerprint density at radius 1 is 1.16 bits per heavy atom. The number of carboxylic acids is 2. The van der Waals surface area contributed by atoms with Gasteiger partial charge in [0, 0.05) is 31.9 Å². The highest BCUT2D eigenvalue weighted by Gasteiger charge is 2.14. The van der Waals surface area contributed by atoms with E-state index in [1.54, 1.807) is 11.8 Å². The van der Waals surface area contributed by atoms with Crippen LogP contribution in [0.4, 0.5) is 0 Å². The third-order valence-electron chi connectivity index (χ3n) is 4.49. The number of thioether (sulfide) groups is 1. The summed E-state index contributed by atoms with van der Waals surface area (Å²) in [6.45, 7) is 10.2. The fourth-order valence-electron chi connectivity index (χ4n) is 2.80. The molecule has 1 aromatic heterocycles. The summed E-state index contributed by atoms with van der Waals surface area (Å²) in [7, 11) is 0. The fraction of sp³-hybridized carbons (Fsp3) is 0.500. The second kappa shape index (κ2) is 12.9. The van der Waals surface area contributed by atoms with Crippen molar-refractivity contribution in [2.75, 3.05) is 38.6 Å². The number of carboxylic acid groups (broad SMARTS) is 2. The van der Waals surface area contributed by atoms with E-state index in [4.69, 9.17) is 29.3 Å². The van der Waals surface area contributed by atoms with Crippen LogP contribution in [0.3, 0.4) is 0 Å². The molecule has 0 unspecified atom stereocenters. The number of morpholine rings is 1. The summed E-state index contributed by atoms with van der Waals surface area (Å²) in [6, 6.07) is 8.03. The molecule has 1 aliphatic rings. The lowest BCUT2D eigenvalue weighted by molar-refractivity contribution is -0.159. The average Bonchev–Trinajstić information content (AvgIpc) is 3.16. The van der Waals surface area contributed by atoms with Gasteiger partial charge in [0.2, 0.25) is 0 Å². The third-order valence-corrected chi connectivity index (χ3v) is 5.43. The molecule has 2 heterocycles. The van der Waals surface area contributed by atoms with Crippen molar-refractivity contribution < 1.29 is 29.3 Å². The zero-order valence-electron chi connectivity index (χ0n) is 17.7. The standard InChI is InChI=1S/C18H26N4O2S.C2H2O4/c1-3-22-17(14-24-16-7-5-4-6-15(16)2)19-20-18(22)25-13-10-21-8-11-23-12-9-21;3-1(4)2(5)6/h4-7H,3,8-14H2,1-2H3;(H,3,4)(H,5,6). The van der Waals surface area contributed by atoms with Crippen LogP contribution in [-0.2, 0) is 27.5 Å². The molecule has 170 valence electrons. The number of aromatic nitrogens is 3. The summed E-state index contributed by atoms with van der Waals surface area (Å²) in [4.78, 5) is 20.6. The van der Waals surface area contributed by atoms with Crippen molar-refractivity contribution >= 4 is 23.7 Å². The number of para-hydroxylation sites is 1. The molecule has 11 heteroatoms. The SMILES string of the molecule is CCn1c(COc2ccccc2C)nnc1SCCN1CCOCC1.O=C(O)C(=O)O. The Morgan fingerprint density at radius 3 is 2.45 bits per heavy atom. The summed E-state index contributed by atoms with van der Waals surface area (Å²) < 4.78 is 13.5. The van der Waals surface area contributed by atoms with Crippen LogP contribution in [-0.4, -0.2) is 80.4 Å². The van der Waals surface area contributed by atoms with Crippen molar-refractivity contribution in [2.45, 2.75) is 32.2 Å². The summed E-state index contributed by atoms with van der Waals surface area (Å²) >= 11 is 1.76. The molecular formula is C20H28N4O6S. The predicted molar refractivity (Wildman–Crippen MR) is 114 cm³/mol. The van der Waals surface area contributed by atoms with E-state index in [2.05, 4.69) is 26.6 Å². The molecule has 0 saturated carbocycles. The number of hydrogen-bond donors (Lipinski definition) is 2. The van der Waals surface area contributed by atoms with E-state index in [1.807, 2.05) is 31.2 Å². The van der Waals surface area contributed by atoms with E-state index in [0.29, 0.717) is 6.61 Å². The van der Waals surface area contributed by atoms with E-state index in [0.717, 1.165) is 67.4 Å². The molecule has 1 saturated heterocycles. The van der Waals surface area contributed by atoms with Gasteiger partial charge in [-0.2, -0.15) is 0 Å². The molecule has 0 spiro atoms. The molecule has 1 aromatic carbocycles. The number of hydrogen-bond acceptors (Lipinski definition) is 8. The minimum atomic E-state index is -1.82. The largest absolute Gasteiger partial charge is 0.485 e. The van der Waals surface area contributed by atoms with Crippen molar-refractivity contribution in [1.29, 1.82) is 0 Å². The first-order valence-electron chi connectivity index (χ1n) is 9.92. The number of benzene rings is 1. The molecule has 1 fully saturated rings. The lowest BCUT2D eigenvalue weighted by atomic mass is 10.2. The number of aryl methyl sites for hydroxylation is 1. The monoisotopic (exact) mass is 452 g/mol. The van der Waals surface area contributed by atoms with Crippen LogP contribution in [0.5, 0.6) is 5.75 Å². The minimum Gasteiger partial charge on any atom is -0.485 e. The van der Waals surface area contributed by atoms with Crippen molar-refractivity contribution in [3.8, 4) is 5.75 Å². The van der Waals surface area contributed by atoms with E-state index in [9.17, 15) is 0 Å². The van der Waals surface area contributed by atoms with Gasteiger partial charge in [0.05, 0.1) is 13.2 Å². The molecule has 1 aliphatic heterocycles. The van der Waals surface area contributed by atoms with E-state index >= 15 is 0 Å². The topological polar surface area (TPSA) is 127 Å². The van der Waals surface area contributed by atoms with Gasteiger partial charge in [-0.05, 0) is 25.5 Å². The van der Waals surface area contributed by atoms with Crippen molar-refractivity contribution in [2.24, 2.45) is 0 Å². The Bertz CT molecular complexity index is 842. The highest BCUT2D eigenvalue weighted by atomic mass is 32.2. The molecule has 10 nitrogen and oxygen atoms in total. The minimum absolute atomic E-state index is 0.440. The maximum absolute atomic E-state index is 9.10. The van der Waals surface area contributed by atoms with Crippen LogP contribution in [0.15, 0.2) is 29.4 Å². The molecule has 3 rings (SSSR count). The predicted octanol–water partition coefficient (Wildman–Crippen LogP) is 1.77. The Hall–Kier alpha value is -2.63. The van der Waals surface area contributed by atoms with E-state index < -0.39 is 11.9 Å². The average molecular weight is 453 g/mol. The lowest BCUT2D eigenvalue weighted by Gasteiger charge is -2.26. The molecule has 2 aromatic rings. The quantitative estimate of drug-likeness (QED) is 0.452. The first-order valence-corrected chi connectivity index (χ1v) is 10.9. The molecular weight excluding hydrogens is 424 g/mol. The molecule has 0 atom stereocenters. The van der Waals surface area contributed by atoms with Crippen molar-refractivity contribution in [1.82, 2.24) is 19.7 Å². The summed E-state index contributed by atoms with van der Waals surface area (Å²) in [5.74, 6) is -0.865. The van der Waals surface area contributed by atoms with Crippen molar-refractivity contribution in [3.05, 3.63) is 35.7 Å². The van der Waals surface area contributed by atoms with Crippen LogP contribution < -0.4 is 4.74 Å². The molecule has 2 N–H and O–H groups in total. The Labute approximate surface area is 185 Å². The Kier molecular flexibility index (Phi) is 10.3. The maximum Gasteiger partial charge on any atom is 0.414 e. The van der Waals surface area contributed by atoms with E-state index in [1.165, 1.54) is 0 Å². The zero-order chi connectivity index (χ0) is 22.6. The maximum atomic E-state index is 9.10. The highest BCUT2D eigenvalue weighted by molar-refractivity contribution is 7.99. The number of rotatable bonds is 8. The molecule has 0 bridgehead atoms. The smallest absolute Gasteiger partial charge is 0.414 e. The van der Waals surface area contributed by atoms with Crippen LogP contribution >= 0.6 is 11.8 Å². The van der Waals surface area contributed by atoms with Gasteiger partial charge in [-0.3, -0.25) is 4.90 Å². The molecule has 31 heavy (non-hydrogen) atoms. The summed E-state index contributed by atoms with van der Waals surface area (Å²) in [6.07, 6.45) is 0. The molecule has 0 aliphatic carbocycles. The van der Waals surface area contributed by atoms with Gasteiger partial charge in [0.15, 0.2) is 11.0 Å². The second-order valence-corrected chi connectivity index (χ2v) is 7.67. The zero-order valence-corrected chi connectivity index (χ0v) is 18.5. The summed E-state index contributed by atoms with van der Waals surface area (Å²) in [5, 5.41) is 24.4. The van der Waals surface area contributed by atoms with Crippen LogP contribution in [0.2, 0.25) is 0 Å². The van der Waals surface area contributed by atoms with E-state index in [-0.39, 0.29) is 0 Å². The van der Waals surface area contributed by atoms with Crippen LogP contribution in [0.25, 0.3) is 0 Å². The van der Waals surface area contributed by atoms with Gasteiger partial charge in [-0.25, -0.2) is 9.59 Å². The molecule has 0 radical (unpaired) electrons. The van der Waals surface area contributed by atoms with Crippen LogP contribution in [0.1, 0.15) is 18.3 Å². The lowest BCUT2D eigenvalue weighted by Crippen LogP contribution is -2.37. The number of carbonyl (C=O) groups is 2. The number of nitrogens with zero attached hydrogens (tertiary/aromatic N) is 4. The number of ether oxygens (including phenoxy) is 2. The van der Waals surface area contributed by atoms with Gasteiger partial charge in [-0.1, -0.05) is 30.0 Å². The van der Waals surface area contributed by atoms with Gasteiger partial charge < -0.3 is 24.3 Å². The highest BCUT2D eigenvalue weighted by Crippen LogP contribution is 2.20. The van der Waals surface area contributed by atoms with Crippen LogP contribution in [0, 0.1) is 6.92 Å². The first kappa shape index (κ1) is 24.6. The Morgan fingerprint density at radius 2 is 1.84 bits per heavy atom. The first-order chi connectivity index (χ1) is 14.9. The Balaban J connectivity index is 0.000000501. The third kappa shape index (κ3) is 8.19. The van der Waals surface area contributed by atoms with Gasteiger partial charge in [0.1, 0.15) is 12.4 Å². The van der Waals surface area contributed by atoms with Gasteiger partial charge in [0.25, 0.3) is 0 Å². The van der Waals surface area contributed by atoms with Gasteiger partial charge in [-0.15, -0.1) is 10.2 Å². The normalized spacial score (nSPS) is 13.9.